The first-order chi connectivity index (χ1) is 13.6. The Morgan fingerprint density at radius 3 is 2.82 bits per heavy atom. The third-order valence-corrected chi connectivity index (χ3v) is 6.40. The number of nitrogens with zero attached hydrogens (tertiary/aromatic N) is 2. The molecule has 2 atom stereocenters. The first kappa shape index (κ1) is 19.5. The van der Waals surface area contributed by atoms with Crippen LogP contribution in [0.2, 0.25) is 5.02 Å². The molecule has 6 heteroatoms. The van der Waals surface area contributed by atoms with Crippen LogP contribution in [0.25, 0.3) is 10.9 Å². The van der Waals surface area contributed by atoms with E-state index >= 15 is 0 Å². The fourth-order valence-electron chi connectivity index (χ4n) is 4.00. The fourth-order valence-corrected chi connectivity index (χ4v) is 4.84. The Balaban J connectivity index is 1.47. The largest absolute Gasteiger partial charge is 0.377 e. The summed E-state index contributed by atoms with van der Waals surface area (Å²) in [6.45, 7) is 0.959. The Morgan fingerprint density at radius 1 is 1.18 bits per heavy atom. The summed E-state index contributed by atoms with van der Waals surface area (Å²) < 4.78 is 0. The lowest BCUT2D eigenvalue weighted by Gasteiger charge is -2.31. The molecule has 0 amide bonds. The predicted octanol–water partition coefficient (Wildman–Crippen LogP) is 5.53. The van der Waals surface area contributed by atoms with Gasteiger partial charge in [-0.15, -0.1) is 0 Å². The zero-order chi connectivity index (χ0) is 19.5. The van der Waals surface area contributed by atoms with Gasteiger partial charge in [-0.3, -0.25) is 0 Å². The van der Waals surface area contributed by atoms with Crippen LogP contribution < -0.4 is 15.5 Å². The van der Waals surface area contributed by atoms with Crippen molar-refractivity contribution in [1.82, 2.24) is 10.3 Å². The van der Waals surface area contributed by atoms with Gasteiger partial charge in [-0.25, -0.2) is 4.98 Å². The van der Waals surface area contributed by atoms with Crippen molar-refractivity contribution in [2.45, 2.75) is 44.3 Å². The van der Waals surface area contributed by atoms with Gasteiger partial charge in [0.2, 0.25) is 0 Å². The van der Waals surface area contributed by atoms with Crippen molar-refractivity contribution in [3.05, 3.63) is 51.7 Å². The van der Waals surface area contributed by atoms with Crippen LogP contribution in [0.3, 0.4) is 0 Å². The molecule has 28 heavy (non-hydrogen) atoms. The van der Waals surface area contributed by atoms with Crippen molar-refractivity contribution < 1.29 is 0 Å². The summed E-state index contributed by atoms with van der Waals surface area (Å²) in [5, 5.41) is 13.6. The number of pyridine rings is 1. The van der Waals surface area contributed by atoms with Crippen molar-refractivity contribution in [3.63, 3.8) is 0 Å². The molecule has 148 valence electrons. The van der Waals surface area contributed by atoms with Crippen molar-refractivity contribution in [2.75, 3.05) is 24.3 Å². The number of hydrogen-bond acceptors (Lipinski definition) is 5. The van der Waals surface area contributed by atoms with E-state index in [2.05, 4.69) is 52.5 Å². The Bertz CT molecular complexity index is 926. The normalized spacial score (nSPS) is 19.7. The summed E-state index contributed by atoms with van der Waals surface area (Å²) in [6.07, 6.45) is 4.80. The summed E-state index contributed by atoms with van der Waals surface area (Å²) in [7, 11) is 4.12. The SMILES string of the molecule is CN(C)c1cc(NC2CCCC(NCc3ccsc3)C2)nc2ccc(Cl)cc12. The molecule has 2 heterocycles. The molecule has 0 bridgehead atoms. The van der Waals surface area contributed by atoms with E-state index in [4.69, 9.17) is 16.6 Å². The van der Waals surface area contributed by atoms with Gasteiger partial charge in [0.1, 0.15) is 5.82 Å². The molecule has 0 radical (unpaired) electrons. The Hall–Kier alpha value is -1.82. The van der Waals surface area contributed by atoms with Crippen LogP contribution >= 0.6 is 22.9 Å². The minimum atomic E-state index is 0.445. The van der Waals surface area contributed by atoms with Crippen molar-refractivity contribution in [1.29, 1.82) is 0 Å². The topological polar surface area (TPSA) is 40.2 Å². The first-order valence-corrected chi connectivity index (χ1v) is 11.2. The summed E-state index contributed by atoms with van der Waals surface area (Å²) in [4.78, 5) is 6.97. The average molecular weight is 415 g/mol. The van der Waals surface area contributed by atoms with Crippen molar-refractivity contribution in [2.24, 2.45) is 0 Å². The van der Waals surface area contributed by atoms with Crippen LogP contribution in [0.4, 0.5) is 11.5 Å². The maximum atomic E-state index is 6.21. The van der Waals surface area contributed by atoms with Gasteiger partial charge < -0.3 is 15.5 Å². The van der Waals surface area contributed by atoms with Crippen LogP contribution in [0.5, 0.6) is 0 Å². The second-order valence-electron chi connectivity index (χ2n) is 7.80. The lowest BCUT2D eigenvalue weighted by Crippen LogP contribution is -2.38. The lowest BCUT2D eigenvalue weighted by atomic mass is 9.91. The van der Waals surface area contributed by atoms with Gasteiger partial charge in [-0.1, -0.05) is 11.6 Å². The highest BCUT2D eigenvalue weighted by molar-refractivity contribution is 7.07. The quantitative estimate of drug-likeness (QED) is 0.556. The Morgan fingerprint density at radius 2 is 2.04 bits per heavy atom. The number of benzene rings is 1. The van der Waals surface area contributed by atoms with Crippen LogP contribution in [0.1, 0.15) is 31.2 Å². The van der Waals surface area contributed by atoms with E-state index in [1.54, 1.807) is 11.3 Å². The monoisotopic (exact) mass is 414 g/mol. The molecule has 1 saturated carbocycles. The number of hydrogen-bond donors (Lipinski definition) is 2. The number of fused-ring (bicyclic) bond motifs is 1. The third kappa shape index (κ3) is 4.59. The molecule has 2 unspecified atom stereocenters. The molecular weight excluding hydrogens is 388 g/mol. The molecule has 0 saturated heterocycles. The molecule has 1 aliphatic carbocycles. The molecule has 1 fully saturated rings. The molecule has 2 aromatic heterocycles. The van der Waals surface area contributed by atoms with Crippen LogP contribution in [0.15, 0.2) is 41.1 Å². The molecule has 2 N–H and O–H groups in total. The third-order valence-electron chi connectivity index (χ3n) is 5.43. The van der Waals surface area contributed by atoms with E-state index in [1.807, 2.05) is 18.2 Å². The fraction of sp³-hybridized carbons (Fsp3) is 0.409. The Kier molecular flexibility index (Phi) is 6.04. The van der Waals surface area contributed by atoms with E-state index < -0.39 is 0 Å². The number of rotatable bonds is 6. The summed E-state index contributed by atoms with van der Waals surface area (Å²) in [5.74, 6) is 0.946. The van der Waals surface area contributed by atoms with E-state index in [0.29, 0.717) is 12.1 Å². The summed E-state index contributed by atoms with van der Waals surface area (Å²) >= 11 is 7.97. The number of nitrogens with one attached hydrogen (secondary N) is 2. The number of aromatic nitrogens is 1. The zero-order valence-electron chi connectivity index (χ0n) is 16.4. The highest BCUT2D eigenvalue weighted by Gasteiger charge is 2.22. The number of halogens is 1. The molecule has 3 aromatic rings. The van der Waals surface area contributed by atoms with E-state index in [9.17, 15) is 0 Å². The van der Waals surface area contributed by atoms with E-state index in [1.165, 1.54) is 24.8 Å². The van der Waals surface area contributed by atoms with E-state index in [0.717, 1.165) is 40.4 Å². The second-order valence-corrected chi connectivity index (χ2v) is 9.02. The minimum Gasteiger partial charge on any atom is -0.377 e. The van der Waals surface area contributed by atoms with Gasteiger partial charge in [0.15, 0.2) is 0 Å². The summed E-state index contributed by atoms with van der Waals surface area (Å²) in [5.41, 5.74) is 3.49. The number of thiophene rings is 1. The molecule has 0 spiro atoms. The first-order valence-electron chi connectivity index (χ1n) is 9.87. The molecule has 0 aliphatic heterocycles. The van der Waals surface area contributed by atoms with Gasteiger partial charge in [-0.05, 0) is 66.3 Å². The lowest BCUT2D eigenvalue weighted by molar-refractivity contribution is 0.350. The second kappa shape index (κ2) is 8.68. The van der Waals surface area contributed by atoms with Gasteiger partial charge in [0.25, 0.3) is 0 Å². The summed E-state index contributed by atoms with van der Waals surface area (Å²) in [6, 6.07) is 11.2. The standard InChI is InChI=1S/C22H27ClN4S/c1-27(2)21-12-22(26-20-7-6-16(23)10-19(20)21)25-18-5-3-4-17(11-18)24-13-15-8-9-28-14-15/h6-10,12,14,17-18,24H,3-5,11,13H2,1-2H3,(H,25,26). The van der Waals surface area contributed by atoms with Crippen LogP contribution in [0, 0.1) is 0 Å². The average Bonchev–Trinajstić information content (AvgIpc) is 3.20. The van der Waals surface area contributed by atoms with Crippen LogP contribution in [-0.2, 0) is 6.54 Å². The van der Waals surface area contributed by atoms with Gasteiger partial charge >= 0.3 is 0 Å². The van der Waals surface area contributed by atoms with Gasteiger partial charge in [0, 0.05) is 54.9 Å². The van der Waals surface area contributed by atoms with Crippen LogP contribution in [-0.4, -0.2) is 31.2 Å². The molecule has 1 aliphatic rings. The van der Waals surface area contributed by atoms with E-state index in [-0.39, 0.29) is 0 Å². The van der Waals surface area contributed by atoms with Crippen molar-refractivity contribution in [3.8, 4) is 0 Å². The highest BCUT2D eigenvalue weighted by atomic mass is 35.5. The molecule has 4 nitrogen and oxygen atoms in total. The molecule has 1 aromatic carbocycles. The van der Waals surface area contributed by atoms with Gasteiger partial charge in [0.05, 0.1) is 5.52 Å². The zero-order valence-corrected chi connectivity index (χ0v) is 18.0. The van der Waals surface area contributed by atoms with Gasteiger partial charge in [-0.2, -0.15) is 11.3 Å². The maximum Gasteiger partial charge on any atom is 0.128 e. The highest BCUT2D eigenvalue weighted by Crippen LogP contribution is 2.31. The number of anilines is 2. The van der Waals surface area contributed by atoms with Crippen molar-refractivity contribution >= 4 is 45.3 Å². The molecule has 4 rings (SSSR count). The predicted molar refractivity (Wildman–Crippen MR) is 122 cm³/mol. The minimum absolute atomic E-state index is 0.445. The maximum absolute atomic E-state index is 6.21. The Labute approximate surface area is 175 Å². The smallest absolute Gasteiger partial charge is 0.128 e. The molecular formula is C22H27ClN4S.